The third-order valence-corrected chi connectivity index (χ3v) is 1.52. The quantitative estimate of drug-likeness (QED) is 0.527. The van der Waals surface area contributed by atoms with Crippen LogP contribution in [0.4, 0.5) is 8.78 Å². The lowest BCUT2D eigenvalue weighted by Crippen LogP contribution is -2.42. The average Bonchev–Trinajstić information content (AvgIpc) is 1.60. The number of hydrogen-bond donors (Lipinski definition) is 1. The summed E-state index contributed by atoms with van der Waals surface area (Å²) < 4.78 is 24.8. The first-order valence-electron chi connectivity index (χ1n) is 3.19. The first kappa shape index (κ1) is 6.93. The first-order valence-corrected chi connectivity index (χ1v) is 3.19. The number of piperidine rings is 1. The summed E-state index contributed by atoms with van der Waals surface area (Å²) in [5.74, 6) is -2.34. The molecule has 1 fully saturated rings. The molecule has 0 unspecified atom stereocenters. The van der Waals surface area contributed by atoms with Crippen LogP contribution in [0.25, 0.3) is 0 Å². The molecule has 1 rings (SSSR count). The van der Waals surface area contributed by atoms with Crippen LogP contribution in [0.1, 0.15) is 13.3 Å². The van der Waals surface area contributed by atoms with Gasteiger partial charge in [-0.2, -0.15) is 0 Å². The van der Waals surface area contributed by atoms with E-state index in [1.165, 1.54) is 0 Å². The minimum atomic E-state index is -2.46. The summed E-state index contributed by atoms with van der Waals surface area (Å²) in [6.45, 7) is 2.42. The highest BCUT2D eigenvalue weighted by molar-refractivity contribution is 4.78. The lowest BCUT2D eigenvalue weighted by molar-refractivity contribution is -0.0362. The van der Waals surface area contributed by atoms with Gasteiger partial charge in [-0.25, -0.2) is 8.78 Å². The zero-order chi connectivity index (χ0) is 6.91. The average molecular weight is 135 g/mol. The van der Waals surface area contributed by atoms with Crippen LogP contribution in [0, 0.1) is 5.92 Å². The number of halogens is 2. The van der Waals surface area contributed by atoms with Crippen LogP contribution in [-0.2, 0) is 0 Å². The van der Waals surface area contributed by atoms with Crippen molar-refractivity contribution in [2.75, 3.05) is 13.1 Å². The van der Waals surface area contributed by atoms with E-state index >= 15 is 0 Å². The van der Waals surface area contributed by atoms with Crippen LogP contribution in [-0.4, -0.2) is 19.0 Å². The lowest BCUT2D eigenvalue weighted by atomic mass is 9.99. The third-order valence-electron chi connectivity index (χ3n) is 1.52. The Labute approximate surface area is 53.4 Å². The highest BCUT2D eigenvalue weighted by Crippen LogP contribution is 2.25. The van der Waals surface area contributed by atoms with E-state index in [-0.39, 0.29) is 18.9 Å². The molecule has 0 spiro atoms. The second-order valence-corrected chi connectivity index (χ2v) is 2.80. The van der Waals surface area contributed by atoms with Crippen LogP contribution >= 0.6 is 0 Å². The second-order valence-electron chi connectivity index (χ2n) is 2.80. The molecule has 1 nitrogen and oxygen atoms in total. The zero-order valence-corrected chi connectivity index (χ0v) is 5.45. The van der Waals surface area contributed by atoms with Crippen LogP contribution < -0.4 is 5.32 Å². The van der Waals surface area contributed by atoms with Crippen molar-refractivity contribution in [1.29, 1.82) is 0 Å². The van der Waals surface area contributed by atoms with Gasteiger partial charge in [-0.3, -0.25) is 0 Å². The van der Waals surface area contributed by atoms with Crippen molar-refractivity contribution in [3.63, 3.8) is 0 Å². The second kappa shape index (κ2) is 2.21. The highest BCUT2D eigenvalue weighted by Gasteiger charge is 2.33. The summed E-state index contributed by atoms with van der Waals surface area (Å²) in [4.78, 5) is 0. The number of rotatable bonds is 0. The maximum atomic E-state index is 12.4. The molecule has 0 amide bonds. The monoisotopic (exact) mass is 135 g/mol. The molecule has 0 aliphatic carbocycles. The molecule has 9 heavy (non-hydrogen) atoms. The van der Waals surface area contributed by atoms with Crippen molar-refractivity contribution in [2.45, 2.75) is 19.3 Å². The Hall–Kier alpha value is -0.180. The van der Waals surface area contributed by atoms with E-state index in [4.69, 9.17) is 0 Å². The minimum Gasteiger partial charge on any atom is -0.311 e. The summed E-state index contributed by atoms with van der Waals surface area (Å²) in [6, 6.07) is 0. The van der Waals surface area contributed by atoms with Gasteiger partial charge in [-0.15, -0.1) is 0 Å². The van der Waals surface area contributed by atoms with Gasteiger partial charge in [-0.05, 0) is 12.5 Å². The first-order chi connectivity index (χ1) is 4.10. The molecule has 1 atom stereocenters. The summed E-state index contributed by atoms with van der Waals surface area (Å²) in [5.41, 5.74) is 0. The molecular formula is C6H11F2N. The molecule has 0 saturated carbocycles. The van der Waals surface area contributed by atoms with Crippen LogP contribution in [0.2, 0.25) is 0 Å². The topological polar surface area (TPSA) is 12.0 Å². The Morgan fingerprint density at radius 1 is 1.56 bits per heavy atom. The molecule has 1 aliphatic heterocycles. The Balaban J connectivity index is 2.41. The van der Waals surface area contributed by atoms with E-state index in [1.807, 2.05) is 6.92 Å². The lowest BCUT2D eigenvalue weighted by Gasteiger charge is -2.26. The van der Waals surface area contributed by atoms with E-state index in [9.17, 15) is 8.78 Å². The van der Waals surface area contributed by atoms with Gasteiger partial charge in [0, 0.05) is 6.42 Å². The maximum Gasteiger partial charge on any atom is 0.260 e. The van der Waals surface area contributed by atoms with Crippen LogP contribution in [0.15, 0.2) is 0 Å². The van der Waals surface area contributed by atoms with Crippen LogP contribution in [0.3, 0.4) is 0 Å². The molecule has 1 aliphatic rings. The van der Waals surface area contributed by atoms with Gasteiger partial charge in [0.15, 0.2) is 0 Å². The van der Waals surface area contributed by atoms with Gasteiger partial charge in [0.05, 0.1) is 6.54 Å². The van der Waals surface area contributed by atoms with Crippen molar-refractivity contribution < 1.29 is 8.78 Å². The van der Waals surface area contributed by atoms with Crippen molar-refractivity contribution >= 4 is 0 Å². The van der Waals surface area contributed by atoms with Gasteiger partial charge < -0.3 is 5.32 Å². The Kier molecular flexibility index (Phi) is 1.70. The molecule has 1 heterocycles. The fourth-order valence-electron chi connectivity index (χ4n) is 1.16. The molecule has 3 heteroatoms. The normalized spacial score (nSPS) is 34.3. The molecule has 1 saturated heterocycles. The Morgan fingerprint density at radius 2 is 2.22 bits per heavy atom. The van der Waals surface area contributed by atoms with Gasteiger partial charge in [0.2, 0.25) is 0 Å². The van der Waals surface area contributed by atoms with E-state index in [2.05, 4.69) is 5.32 Å². The molecule has 0 aromatic carbocycles. The van der Waals surface area contributed by atoms with Crippen molar-refractivity contribution in [3.05, 3.63) is 0 Å². The van der Waals surface area contributed by atoms with E-state index in [0.717, 1.165) is 6.54 Å². The standard InChI is InChI=1S/C6H11F2N/c1-5-2-6(7,8)4-9-3-5/h5,9H,2-4H2,1H3/t5-/m0/s1. The molecule has 0 aromatic rings. The molecule has 0 bridgehead atoms. The van der Waals surface area contributed by atoms with Gasteiger partial charge in [0.1, 0.15) is 0 Å². The zero-order valence-electron chi connectivity index (χ0n) is 5.45. The van der Waals surface area contributed by atoms with Gasteiger partial charge >= 0.3 is 0 Å². The fourth-order valence-corrected chi connectivity index (χ4v) is 1.16. The fraction of sp³-hybridized carbons (Fsp3) is 1.00. The van der Waals surface area contributed by atoms with E-state index in [0.29, 0.717) is 0 Å². The van der Waals surface area contributed by atoms with Crippen molar-refractivity contribution in [2.24, 2.45) is 5.92 Å². The highest BCUT2D eigenvalue weighted by atomic mass is 19.3. The van der Waals surface area contributed by atoms with Crippen LogP contribution in [0.5, 0.6) is 0 Å². The maximum absolute atomic E-state index is 12.4. The predicted octanol–water partition coefficient (Wildman–Crippen LogP) is 1.25. The minimum absolute atomic E-state index is 0.0417. The summed E-state index contributed by atoms with van der Waals surface area (Å²) in [5, 5.41) is 2.67. The van der Waals surface area contributed by atoms with Gasteiger partial charge in [0.25, 0.3) is 5.92 Å². The molecular weight excluding hydrogens is 124 g/mol. The number of alkyl halides is 2. The third kappa shape index (κ3) is 1.90. The predicted molar refractivity (Wildman–Crippen MR) is 31.6 cm³/mol. The van der Waals surface area contributed by atoms with E-state index in [1.54, 1.807) is 0 Å². The van der Waals surface area contributed by atoms with Crippen molar-refractivity contribution in [3.8, 4) is 0 Å². The van der Waals surface area contributed by atoms with Crippen molar-refractivity contribution in [1.82, 2.24) is 5.32 Å². The van der Waals surface area contributed by atoms with Gasteiger partial charge in [-0.1, -0.05) is 6.92 Å². The van der Waals surface area contributed by atoms with E-state index < -0.39 is 5.92 Å². The largest absolute Gasteiger partial charge is 0.311 e. The summed E-state index contributed by atoms with van der Waals surface area (Å²) in [6.07, 6.45) is 0.0417. The smallest absolute Gasteiger partial charge is 0.260 e. The summed E-state index contributed by atoms with van der Waals surface area (Å²) >= 11 is 0. The molecule has 54 valence electrons. The Morgan fingerprint density at radius 3 is 2.56 bits per heavy atom. The molecule has 1 N–H and O–H groups in total. The summed E-state index contributed by atoms with van der Waals surface area (Å²) in [7, 11) is 0. The molecule has 0 aromatic heterocycles. The SMILES string of the molecule is C[C@@H]1CNCC(F)(F)C1. The Bertz CT molecular complexity index is 103. The number of hydrogen-bond acceptors (Lipinski definition) is 1. The number of nitrogens with one attached hydrogen (secondary N) is 1. The molecule has 0 radical (unpaired) electrons.